The van der Waals surface area contributed by atoms with Crippen molar-refractivity contribution in [1.29, 1.82) is 0 Å². The lowest BCUT2D eigenvalue weighted by molar-refractivity contribution is -0.0167. The molecule has 0 spiro atoms. The van der Waals surface area contributed by atoms with Crippen LogP contribution in [-0.4, -0.2) is 42.7 Å². The average Bonchev–Trinajstić information content (AvgIpc) is 2.69. The van der Waals surface area contributed by atoms with Crippen molar-refractivity contribution < 1.29 is 9.84 Å². The molecular formula is C23H27ClN2O2. The van der Waals surface area contributed by atoms with Crippen LogP contribution in [0.3, 0.4) is 0 Å². The van der Waals surface area contributed by atoms with E-state index < -0.39 is 5.60 Å². The summed E-state index contributed by atoms with van der Waals surface area (Å²) < 4.78 is 5.40. The number of pyridine rings is 1. The number of hydrogen-bond donors (Lipinski definition) is 1. The third-order valence-corrected chi connectivity index (χ3v) is 5.64. The van der Waals surface area contributed by atoms with Gasteiger partial charge in [-0.25, -0.2) is 0 Å². The summed E-state index contributed by atoms with van der Waals surface area (Å²) in [7, 11) is 5.74. The van der Waals surface area contributed by atoms with Gasteiger partial charge in [0.15, 0.2) is 0 Å². The Morgan fingerprint density at radius 1 is 1.14 bits per heavy atom. The van der Waals surface area contributed by atoms with E-state index in [-0.39, 0.29) is 18.3 Å². The van der Waals surface area contributed by atoms with E-state index in [4.69, 9.17) is 9.72 Å². The predicted molar refractivity (Wildman–Crippen MR) is 115 cm³/mol. The van der Waals surface area contributed by atoms with Crippen LogP contribution in [0.25, 0.3) is 10.9 Å². The monoisotopic (exact) mass is 398 g/mol. The highest BCUT2D eigenvalue weighted by Crippen LogP contribution is 2.46. The van der Waals surface area contributed by atoms with Gasteiger partial charge in [-0.1, -0.05) is 30.3 Å². The second-order valence-electron chi connectivity index (χ2n) is 7.70. The van der Waals surface area contributed by atoms with Crippen LogP contribution in [0.4, 0.5) is 0 Å². The Morgan fingerprint density at radius 2 is 1.93 bits per heavy atom. The second-order valence-corrected chi connectivity index (χ2v) is 7.70. The van der Waals surface area contributed by atoms with Crippen LogP contribution in [0, 0.1) is 0 Å². The zero-order chi connectivity index (χ0) is 19.0. The number of benzene rings is 2. The van der Waals surface area contributed by atoms with Gasteiger partial charge in [-0.15, -0.1) is 12.4 Å². The average molecular weight is 399 g/mol. The number of rotatable bonds is 4. The fourth-order valence-corrected chi connectivity index (χ4v) is 4.24. The Balaban J connectivity index is 0.00000225. The van der Waals surface area contributed by atoms with Crippen molar-refractivity contribution in [3.05, 3.63) is 71.4 Å². The highest BCUT2D eigenvalue weighted by molar-refractivity contribution is 5.85. The van der Waals surface area contributed by atoms with E-state index in [9.17, 15) is 5.11 Å². The maximum Gasteiger partial charge on any atom is 0.119 e. The lowest BCUT2D eigenvalue weighted by atomic mass is 9.70. The number of hydrogen-bond acceptors (Lipinski definition) is 4. The molecule has 2 atom stereocenters. The first-order valence-electron chi connectivity index (χ1n) is 9.41. The minimum Gasteiger partial charge on any atom is -0.497 e. The van der Waals surface area contributed by atoms with Crippen molar-refractivity contribution in [1.82, 2.24) is 9.88 Å². The van der Waals surface area contributed by atoms with Crippen LogP contribution in [0.15, 0.2) is 54.6 Å². The van der Waals surface area contributed by atoms with Crippen molar-refractivity contribution in [2.45, 2.75) is 24.4 Å². The van der Waals surface area contributed by atoms with Gasteiger partial charge in [0.25, 0.3) is 0 Å². The molecule has 4 nitrogen and oxygen atoms in total. The smallest absolute Gasteiger partial charge is 0.119 e. The lowest BCUT2D eigenvalue weighted by Crippen LogP contribution is -2.43. The van der Waals surface area contributed by atoms with Gasteiger partial charge in [0.1, 0.15) is 5.75 Å². The minimum atomic E-state index is -0.971. The number of aryl methyl sites for hydroxylation is 1. The van der Waals surface area contributed by atoms with Crippen molar-refractivity contribution >= 4 is 23.3 Å². The normalized spacial score (nSPS) is 21.2. The van der Waals surface area contributed by atoms with E-state index in [1.807, 2.05) is 56.6 Å². The van der Waals surface area contributed by atoms with Crippen LogP contribution in [0.2, 0.25) is 0 Å². The fraction of sp³-hybridized carbons (Fsp3) is 0.348. The molecule has 28 heavy (non-hydrogen) atoms. The molecule has 1 aliphatic carbocycles. The van der Waals surface area contributed by atoms with Crippen LogP contribution in [0.5, 0.6) is 5.75 Å². The summed E-state index contributed by atoms with van der Waals surface area (Å²) in [6.45, 7) is 0.728. The predicted octanol–water partition coefficient (Wildman–Crippen LogP) is 4.14. The van der Waals surface area contributed by atoms with Crippen molar-refractivity contribution in [2.24, 2.45) is 0 Å². The largest absolute Gasteiger partial charge is 0.497 e. The first-order chi connectivity index (χ1) is 13.0. The third kappa shape index (κ3) is 3.60. The molecule has 0 saturated heterocycles. The van der Waals surface area contributed by atoms with Gasteiger partial charge in [0.05, 0.1) is 23.9 Å². The summed E-state index contributed by atoms with van der Waals surface area (Å²) in [5, 5.41) is 13.0. The summed E-state index contributed by atoms with van der Waals surface area (Å²) in [6, 6.07) is 18.3. The van der Waals surface area contributed by atoms with Crippen molar-refractivity contribution in [3.63, 3.8) is 0 Å². The molecule has 2 aromatic carbocycles. The molecule has 4 rings (SSSR count). The molecule has 3 aromatic rings. The molecule has 5 heteroatoms. The Kier molecular flexibility index (Phi) is 5.94. The summed E-state index contributed by atoms with van der Waals surface area (Å²) in [4.78, 5) is 7.12. The number of halogens is 1. The SMILES string of the molecule is COc1cccc(C2(O)CCc3cc4ccccc4nc3C2CN(C)C)c1.Cl. The Hall–Kier alpha value is -2.14. The van der Waals surface area contributed by atoms with E-state index >= 15 is 0 Å². The number of fused-ring (bicyclic) bond motifs is 2. The molecule has 1 N–H and O–H groups in total. The Labute approximate surface area is 172 Å². The first-order valence-corrected chi connectivity index (χ1v) is 9.41. The zero-order valence-electron chi connectivity index (χ0n) is 16.6. The molecule has 0 fully saturated rings. The summed E-state index contributed by atoms with van der Waals surface area (Å²) in [5.41, 5.74) is 3.16. The number of likely N-dealkylation sites (N-methyl/N-ethyl adjacent to an activating group) is 1. The first kappa shape index (κ1) is 20.6. The molecule has 148 valence electrons. The highest BCUT2D eigenvalue weighted by atomic mass is 35.5. The highest BCUT2D eigenvalue weighted by Gasteiger charge is 2.44. The molecule has 0 aliphatic heterocycles. The van der Waals surface area contributed by atoms with E-state index in [2.05, 4.69) is 17.0 Å². The van der Waals surface area contributed by atoms with Gasteiger partial charge >= 0.3 is 0 Å². The molecule has 1 aromatic heterocycles. The number of para-hydroxylation sites is 1. The molecule has 0 amide bonds. The fourth-order valence-electron chi connectivity index (χ4n) is 4.24. The minimum absolute atomic E-state index is 0. The third-order valence-electron chi connectivity index (χ3n) is 5.64. The van der Waals surface area contributed by atoms with Crippen molar-refractivity contribution in [2.75, 3.05) is 27.7 Å². The van der Waals surface area contributed by atoms with Crippen LogP contribution < -0.4 is 4.74 Å². The molecule has 1 aliphatic rings. The summed E-state index contributed by atoms with van der Waals surface area (Å²) in [5.74, 6) is 0.662. The molecule has 0 bridgehead atoms. The van der Waals surface area contributed by atoms with Gasteiger partial charge in [-0.2, -0.15) is 0 Å². The zero-order valence-corrected chi connectivity index (χ0v) is 17.4. The maximum absolute atomic E-state index is 11.9. The van der Waals surface area contributed by atoms with E-state index in [1.165, 1.54) is 5.56 Å². The molecular weight excluding hydrogens is 372 g/mol. The molecule has 1 heterocycles. The van der Waals surface area contributed by atoms with E-state index in [0.717, 1.165) is 40.9 Å². The maximum atomic E-state index is 11.9. The lowest BCUT2D eigenvalue weighted by Gasteiger charge is -2.42. The quantitative estimate of drug-likeness (QED) is 0.717. The topological polar surface area (TPSA) is 45.6 Å². The number of aliphatic hydroxyl groups is 1. The second kappa shape index (κ2) is 8.08. The van der Waals surface area contributed by atoms with Gasteiger partial charge in [0.2, 0.25) is 0 Å². The van der Waals surface area contributed by atoms with E-state index in [0.29, 0.717) is 6.42 Å². The van der Waals surface area contributed by atoms with Crippen LogP contribution >= 0.6 is 12.4 Å². The Morgan fingerprint density at radius 3 is 2.68 bits per heavy atom. The van der Waals surface area contributed by atoms with Gasteiger partial charge in [-0.05, 0) is 62.3 Å². The summed E-state index contributed by atoms with van der Waals surface area (Å²) >= 11 is 0. The molecule has 0 saturated carbocycles. The molecule has 0 radical (unpaired) electrons. The molecule has 2 unspecified atom stereocenters. The van der Waals surface area contributed by atoms with E-state index in [1.54, 1.807) is 7.11 Å². The van der Waals surface area contributed by atoms with Gasteiger partial charge in [-0.3, -0.25) is 4.98 Å². The number of aromatic nitrogens is 1. The number of methoxy groups -OCH3 is 1. The van der Waals surface area contributed by atoms with Crippen LogP contribution in [-0.2, 0) is 12.0 Å². The van der Waals surface area contributed by atoms with Crippen molar-refractivity contribution in [3.8, 4) is 5.75 Å². The van der Waals surface area contributed by atoms with Gasteiger partial charge in [0, 0.05) is 17.8 Å². The van der Waals surface area contributed by atoms with Gasteiger partial charge < -0.3 is 14.7 Å². The number of nitrogens with zero attached hydrogens (tertiary/aromatic N) is 2. The Bertz CT molecular complexity index is 976. The summed E-state index contributed by atoms with van der Waals surface area (Å²) in [6.07, 6.45) is 1.48. The number of ether oxygens (including phenoxy) is 1. The standard InChI is InChI=1S/C23H26N2O2.ClH/c1-25(2)15-20-22-17(13-16-7-4-5-10-21(16)24-22)11-12-23(20,26)18-8-6-9-19(14-18)27-3;/h4-10,13-14,20,26H,11-12,15H2,1-3H3;1H. The van der Waals surface area contributed by atoms with Crippen LogP contribution in [0.1, 0.15) is 29.2 Å².